The first kappa shape index (κ1) is 22.8. The normalized spacial score (nSPS) is 14.8. The molecular formula is C25H32N2O4. The second-order valence-corrected chi connectivity index (χ2v) is 7.72. The topological polar surface area (TPSA) is 67.9 Å². The highest BCUT2D eigenvalue weighted by atomic mass is 16.5. The van der Waals surface area contributed by atoms with Crippen molar-refractivity contribution in [2.24, 2.45) is 0 Å². The third-order valence-electron chi connectivity index (χ3n) is 5.64. The number of amides is 1. The zero-order valence-corrected chi connectivity index (χ0v) is 18.4. The van der Waals surface area contributed by atoms with E-state index in [0.29, 0.717) is 18.7 Å². The summed E-state index contributed by atoms with van der Waals surface area (Å²) >= 11 is 0. The van der Waals surface area contributed by atoms with Crippen molar-refractivity contribution < 1.29 is 19.1 Å². The predicted octanol–water partition coefficient (Wildman–Crippen LogP) is 4.01. The Morgan fingerprint density at radius 1 is 0.968 bits per heavy atom. The van der Waals surface area contributed by atoms with Gasteiger partial charge >= 0.3 is 0 Å². The van der Waals surface area contributed by atoms with Gasteiger partial charge in [0.2, 0.25) is 5.91 Å². The second-order valence-electron chi connectivity index (χ2n) is 7.72. The van der Waals surface area contributed by atoms with Crippen molar-refractivity contribution in [1.29, 1.82) is 0 Å². The highest BCUT2D eigenvalue weighted by Crippen LogP contribution is 2.26. The van der Waals surface area contributed by atoms with Crippen LogP contribution in [0, 0.1) is 0 Å². The Morgan fingerprint density at radius 2 is 1.61 bits per heavy atom. The quantitative estimate of drug-likeness (QED) is 0.552. The van der Waals surface area contributed by atoms with Gasteiger partial charge in [-0.1, -0.05) is 12.1 Å². The van der Waals surface area contributed by atoms with E-state index in [9.17, 15) is 9.59 Å². The predicted molar refractivity (Wildman–Crippen MR) is 121 cm³/mol. The number of rotatable bonds is 11. The Hall–Kier alpha value is -2.86. The number of likely N-dealkylation sites (tertiary alicyclic amines) is 1. The van der Waals surface area contributed by atoms with Gasteiger partial charge in [0.05, 0.1) is 19.8 Å². The van der Waals surface area contributed by atoms with E-state index in [1.54, 1.807) is 31.4 Å². The molecule has 0 spiro atoms. The average molecular weight is 425 g/mol. The van der Waals surface area contributed by atoms with Crippen molar-refractivity contribution in [1.82, 2.24) is 10.2 Å². The van der Waals surface area contributed by atoms with E-state index in [-0.39, 0.29) is 30.6 Å². The molecule has 1 saturated heterocycles. The van der Waals surface area contributed by atoms with Crippen LogP contribution in [0.2, 0.25) is 0 Å². The fourth-order valence-electron chi connectivity index (χ4n) is 3.91. The van der Waals surface area contributed by atoms with Crippen LogP contribution in [-0.2, 0) is 4.79 Å². The first-order valence-corrected chi connectivity index (χ1v) is 11.0. The lowest BCUT2D eigenvalue weighted by atomic mass is 10.0. The van der Waals surface area contributed by atoms with E-state index < -0.39 is 0 Å². The maximum absolute atomic E-state index is 12.4. The van der Waals surface area contributed by atoms with Gasteiger partial charge in [-0.15, -0.1) is 0 Å². The Bertz CT molecular complexity index is 843. The number of methoxy groups -OCH3 is 1. The largest absolute Gasteiger partial charge is 0.497 e. The third-order valence-corrected chi connectivity index (χ3v) is 5.64. The van der Waals surface area contributed by atoms with Crippen molar-refractivity contribution in [3.05, 3.63) is 59.7 Å². The summed E-state index contributed by atoms with van der Waals surface area (Å²) in [5.41, 5.74) is 1.76. The van der Waals surface area contributed by atoms with Crippen LogP contribution < -0.4 is 14.8 Å². The van der Waals surface area contributed by atoms with Gasteiger partial charge in [-0.05, 0) is 74.8 Å². The Kier molecular flexibility index (Phi) is 8.47. The van der Waals surface area contributed by atoms with E-state index in [1.807, 2.05) is 19.1 Å². The number of ketones is 1. The Balaban J connectivity index is 1.52. The van der Waals surface area contributed by atoms with E-state index in [0.717, 1.165) is 30.2 Å². The maximum Gasteiger partial charge on any atom is 0.220 e. The molecule has 166 valence electrons. The van der Waals surface area contributed by atoms with Gasteiger partial charge in [-0.2, -0.15) is 0 Å². The maximum atomic E-state index is 12.4. The van der Waals surface area contributed by atoms with Crippen LogP contribution in [0.4, 0.5) is 0 Å². The zero-order valence-electron chi connectivity index (χ0n) is 18.4. The molecule has 1 fully saturated rings. The van der Waals surface area contributed by atoms with Crippen LogP contribution in [0.15, 0.2) is 48.5 Å². The minimum Gasteiger partial charge on any atom is -0.497 e. The smallest absolute Gasteiger partial charge is 0.220 e. The fourth-order valence-corrected chi connectivity index (χ4v) is 3.91. The summed E-state index contributed by atoms with van der Waals surface area (Å²) in [7, 11) is 1.65. The average Bonchev–Trinajstić information content (AvgIpc) is 3.33. The number of benzene rings is 2. The molecule has 1 atom stereocenters. The number of nitrogens with one attached hydrogen (secondary N) is 1. The summed E-state index contributed by atoms with van der Waals surface area (Å²) < 4.78 is 10.7. The van der Waals surface area contributed by atoms with Crippen LogP contribution >= 0.6 is 0 Å². The van der Waals surface area contributed by atoms with Crippen molar-refractivity contribution >= 4 is 11.7 Å². The summed E-state index contributed by atoms with van der Waals surface area (Å²) in [6.45, 7) is 5.09. The van der Waals surface area contributed by atoms with Crippen LogP contribution in [0.1, 0.15) is 54.6 Å². The second kappa shape index (κ2) is 11.5. The lowest BCUT2D eigenvalue weighted by Gasteiger charge is -2.28. The minimum absolute atomic E-state index is 0.0376. The molecule has 6 nitrogen and oxygen atoms in total. The lowest BCUT2D eigenvalue weighted by Crippen LogP contribution is -2.36. The summed E-state index contributed by atoms with van der Waals surface area (Å²) in [4.78, 5) is 27.3. The van der Waals surface area contributed by atoms with E-state index in [1.165, 1.54) is 12.8 Å². The molecule has 1 unspecified atom stereocenters. The van der Waals surface area contributed by atoms with Crippen LogP contribution in [0.25, 0.3) is 0 Å². The van der Waals surface area contributed by atoms with Gasteiger partial charge < -0.3 is 14.8 Å². The molecule has 1 amide bonds. The fraction of sp³-hybridized carbons (Fsp3) is 0.440. The molecule has 31 heavy (non-hydrogen) atoms. The van der Waals surface area contributed by atoms with Gasteiger partial charge in [0.25, 0.3) is 0 Å². The summed E-state index contributed by atoms with van der Waals surface area (Å²) in [5.74, 6) is 1.42. The highest BCUT2D eigenvalue weighted by Gasteiger charge is 2.24. The minimum atomic E-state index is -0.100. The van der Waals surface area contributed by atoms with Crippen molar-refractivity contribution in [3.8, 4) is 11.5 Å². The number of hydrogen-bond donors (Lipinski definition) is 1. The number of carbonyl (C=O) groups is 2. The van der Waals surface area contributed by atoms with Gasteiger partial charge in [0.1, 0.15) is 11.5 Å². The molecule has 1 heterocycles. The van der Waals surface area contributed by atoms with Gasteiger partial charge in [0, 0.05) is 24.9 Å². The van der Waals surface area contributed by atoms with Crippen molar-refractivity contribution in [2.45, 2.75) is 38.6 Å². The summed E-state index contributed by atoms with van der Waals surface area (Å²) in [5, 5.41) is 3.04. The highest BCUT2D eigenvalue weighted by molar-refractivity contribution is 5.98. The molecule has 3 rings (SSSR count). The van der Waals surface area contributed by atoms with Crippen LogP contribution in [-0.4, -0.2) is 49.9 Å². The summed E-state index contributed by atoms with van der Waals surface area (Å²) in [6, 6.07) is 15.2. The van der Waals surface area contributed by atoms with Gasteiger partial charge in [-0.3, -0.25) is 14.5 Å². The molecule has 0 aliphatic carbocycles. The van der Waals surface area contributed by atoms with Crippen LogP contribution in [0.5, 0.6) is 11.5 Å². The lowest BCUT2D eigenvalue weighted by molar-refractivity contribution is -0.121. The molecule has 1 aliphatic rings. The Morgan fingerprint density at radius 3 is 2.23 bits per heavy atom. The monoisotopic (exact) mass is 424 g/mol. The van der Waals surface area contributed by atoms with Gasteiger partial charge in [0.15, 0.2) is 5.78 Å². The van der Waals surface area contributed by atoms with Gasteiger partial charge in [-0.25, -0.2) is 0 Å². The first-order chi connectivity index (χ1) is 15.1. The molecule has 0 saturated carbocycles. The molecule has 0 radical (unpaired) electrons. The third kappa shape index (κ3) is 6.56. The van der Waals surface area contributed by atoms with Crippen molar-refractivity contribution in [3.63, 3.8) is 0 Å². The number of Topliss-reactive ketones (excluding diaryl/α,β-unsaturated/α-hetero) is 1. The number of carbonyl (C=O) groups excluding carboxylic acids is 2. The number of nitrogens with zero attached hydrogens (tertiary/aromatic N) is 1. The van der Waals surface area contributed by atoms with Crippen LogP contribution in [0.3, 0.4) is 0 Å². The molecule has 2 aromatic rings. The Labute approximate surface area is 184 Å². The van der Waals surface area contributed by atoms with Crippen molar-refractivity contribution in [2.75, 3.05) is 33.4 Å². The molecule has 0 aromatic heterocycles. The molecular weight excluding hydrogens is 392 g/mol. The molecule has 2 aromatic carbocycles. The first-order valence-electron chi connectivity index (χ1n) is 11.0. The van der Waals surface area contributed by atoms with E-state index in [4.69, 9.17) is 9.47 Å². The zero-order chi connectivity index (χ0) is 22.1. The molecule has 1 N–H and O–H groups in total. The van der Waals surface area contributed by atoms with E-state index >= 15 is 0 Å². The number of hydrogen-bond acceptors (Lipinski definition) is 5. The molecule has 6 heteroatoms. The molecule has 0 bridgehead atoms. The summed E-state index contributed by atoms with van der Waals surface area (Å²) in [6.07, 6.45) is 2.73. The SMILES string of the molecule is CCOc1ccc(C(=O)CCC(=O)NCC(c2ccc(OC)cc2)N2CCCC2)cc1. The standard InChI is InChI=1S/C25H32N2O4/c1-3-31-22-12-8-20(9-13-22)24(28)14-15-25(29)26-18-23(27-16-4-5-17-27)19-6-10-21(30-2)11-7-19/h6-13,23H,3-5,14-18H2,1-2H3,(H,26,29). The number of ether oxygens (including phenoxy) is 2. The van der Waals surface area contributed by atoms with E-state index in [2.05, 4.69) is 22.3 Å². The molecule has 1 aliphatic heterocycles.